The van der Waals surface area contributed by atoms with Gasteiger partial charge in [0, 0.05) is 11.9 Å². The molecule has 0 atom stereocenters. The van der Waals surface area contributed by atoms with E-state index in [2.05, 4.69) is 22.4 Å². The number of aromatic nitrogens is 2. The summed E-state index contributed by atoms with van der Waals surface area (Å²) in [6.45, 7) is 2.14. The minimum atomic E-state index is 0.0138. The molecule has 2 aromatic heterocycles. The van der Waals surface area contributed by atoms with Crippen LogP contribution < -0.4 is 0 Å². The van der Waals surface area contributed by atoms with Gasteiger partial charge in [0.2, 0.25) is 0 Å². The Morgan fingerprint density at radius 3 is 2.93 bits per heavy atom. The molecule has 1 N–H and O–H groups in total. The summed E-state index contributed by atoms with van der Waals surface area (Å²) in [4.78, 5) is 4.33. The highest BCUT2D eigenvalue weighted by molar-refractivity contribution is 5.46. The summed E-state index contributed by atoms with van der Waals surface area (Å²) in [5, 5.41) is 9.04. The number of aliphatic hydroxyl groups is 1. The van der Waals surface area contributed by atoms with Gasteiger partial charge in [0.05, 0.1) is 12.3 Å². The molecule has 2 heterocycles. The second-order valence-electron chi connectivity index (χ2n) is 4.27. The molecule has 1 fully saturated rings. The molecule has 0 aliphatic heterocycles. The molecule has 78 valence electrons. The van der Waals surface area contributed by atoms with Crippen LogP contribution in [0.2, 0.25) is 0 Å². The number of aryl methyl sites for hydroxylation is 1. The molecule has 1 aliphatic carbocycles. The van der Waals surface area contributed by atoms with Crippen LogP contribution in [-0.2, 0) is 6.61 Å². The average Bonchev–Trinajstić information content (AvgIpc) is 2.97. The zero-order valence-electron chi connectivity index (χ0n) is 8.77. The van der Waals surface area contributed by atoms with Gasteiger partial charge in [-0.1, -0.05) is 6.07 Å². The Bertz CT molecular complexity index is 512. The lowest BCUT2D eigenvalue weighted by atomic mass is 10.1. The fraction of sp³-hybridized carbons (Fsp3) is 0.417. The Labute approximate surface area is 88.4 Å². The van der Waals surface area contributed by atoms with Crippen LogP contribution in [-0.4, -0.2) is 14.5 Å². The summed E-state index contributed by atoms with van der Waals surface area (Å²) in [7, 11) is 0. The topological polar surface area (TPSA) is 37.5 Å². The van der Waals surface area contributed by atoms with Gasteiger partial charge in [-0.05, 0) is 37.3 Å². The molecule has 1 aliphatic rings. The number of hydrogen-bond acceptors (Lipinski definition) is 2. The maximum atomic E-state index is 9.04. The number of rotatable bonds is 2. The fourth-order valence-corrected chi connectivity index (χ4v) is 2.16. The van der Waals surface area contributed by atoms with Gasteiger partial charge in [-0.2, -0.15) is 0 Å². The predicted molar refractivity (Wildman–Crippen MR) is 57.8 cm³/mol. The molecular weight excluding hydrogens is 188 g/mol. The monoisotopic (exact) mass is 202 g/mol. The number of pyridine rings is 1. The molecule has 15 heavy (non-hydrogen) atoms. The number of aliphatic hydroxyl groups excluding tert-OH is 1. The van der Waals surface area contributed by atoms with Crippen LogP contribution in [0.3, 0.4) is 0 Å². The van der Waals surface area contributed by atoms with Gasteiger partial charge < -0.3 is 9.51 Å². The summed E-state index contributed by atoms with van der Waals surface area (Å²) in [5.74, 6) is 0.759. The Hall–Kier alpha value is -1.35. The van der Waals surface area contributed by atoms with E-state index in [9.17, 15) is 0 Å². The summed E-state index contributed by atoms with van der Waals surface area (Å²) in [5.41, 5.74) is 4.37. The van der Waals surface area contributed by atoms with Gasteiger partial charge >= 0.3 is 0 Å². The van der Waals surface area contributed by atoms with Crippen molar-refractivity contribution in [3.8, 4) is 0 Å². The molecule has 0 unspecified atom stereocenters. The van der Waals surface area contributed by atoms with E-state index in [4.69, 9.17) is 5.11 Å². The van der Waals surface area contributed by atoms with Crippen molar-refractivity contribution >= 4 is 5.65 Å². The summed E-state index contributed by atoms with van der Waals surface area (Å²) >= 11 is 0. The third kappa shape index (κ3) is 1.35. The van der Waals surface area contributed by atoms with Gasteiger partial charge in [0.1, 0.15) is 5.65 Å². The summed E-state index contributed by atoms with van der Waals surface area (Å²) in [6.07, 6.45) is 4.55. The largest absolute Gasteiger partial charge is 0.390 e. The molecule has 0 spiro atoms. The molecule has 0 aromatic carbocycles. The molecule has 0 radical (unpaired) electrons. The molecule has 0 bridgehead atoms. The average molecular weight is 202 g/mol. The van der Waals surface area contributed by atoms with E-state index in [0.717, 1.165) is 17.3 Å². The molecule has 0 saturated heterocycles. The van der Waals surface area contributed by atoms with E-state index in [1.807, 2.05) is 12.3 Å². The highest BCUT2D eigenvalue weighted by atomic mass is 16.3. The van der Waals surface area contributed by atoms with Gasteiger partial charge in [-0.3, -0.25) is 0 Å². The van der Waals surface area contributed by atoms with Crippen LogP contribution in [0, 0.1) is 6.92 Å². The fourth-order valence-electron chi connectivity index (χ4n) is 2.16. The van der Waals surface area contributed by atoms with Crippen molar-refractivity contribution in [2.24, 2.45) is 0 Å². The Morgan fingerprint density at radius 2 is 2.27 bits per heavy atom. The van der Waals surface area contributed by atoms with Crippen LogP contribution in [0.25, 0.3) is 5.65 Å². The Balaban J connectivity index is 2.21. The van der Waals surface area contributed by atoms with E-state index in [1.54, 1.807) is 0 Å². The quantitative estimate of drug-likeness (QED) is 0.808. The third-order valence-electron chi connectivity index (χ3n) is 3.15. The zero-order valence-corrected chi connectivity index (χ0v) is 8.77. The van der Waals surface area contributed by atoms with Crippen LogP contribution in [0.5, 0.6) is 0 Å². The standard InChI is InChI=1S/C12H14N2O/c1-8-11(9-2-3-9)4-5-12-13-10(7-15)6-14(8)12/h4-6,9,15H,2-3,7H2,1H3. The molecule has 0 amide bonds. The van der Waals surface area contributed by atoms with E-state index >= 15 is 0 Å². The normalized spacial score (nSPS) is 16.1. The van der Waals surface area contributed by atoms with Crippen molar-refractivity contribution in [2.45, 2.75) is 32.3 Å². The highest BCUT2D eigenvalue weighted by Gasteiger charge is 2.25. The molecule has 2 aromatic rings. The first-order valence-corrected chi connectivity index (χ1v) is 5.38. The first-order chi connectivity index (χ1) is 7.29. The second-order valence-corrected chi connectivity index (χ2v) is 4.27. The van der Waals surface area contributed by atoms with Crippen molar-refractivity contribution in [3.05, 3.63) is 35.3 Å². The molecule has 1 saturated carbocycles. The SMILES string of the molecule is Cc1c(C2CC2)ccc2nc(CO)cn12. The van der Waals surface area contributed by atoms with Crippen molar-refractivity contribution < 1.29 is 5.11 Å². The predicted octanol–water partition coefficient (Wildman–Crippen LogP) is 2.01. The summed E-state index contributed by atoms with van der Waals surface area (Å²) < 4.78 is 2.08. The second kappa shape index (κ2) is 3.07. The first kappa shape index (κ1) is 8.92. The maximum absolute atomic E-state index is 9.04. The lowest BCUT2D eigenvalue weighted by Gasteiger charge is -2.06. The third-order valence-corrected chi connectivity index (χ3v) is 3.15. The Morgan fingerprint density at radius 1 is 1.47 bits per heavy atom. The van der Waals surface area contributed by atoms with Crippen molar-refractivity contribution in [3.63, 3.8) is 0 Å². The van der Waals surface area contributed by atoms with Crippen molar-refractivity contribution in [2.75, 3.05) is 0 Å². The van der Waals surface area contributed by atoms with Gasteiger partial charge in [0.25, 0.3) is 0 Å². The van der Waals surface area contributed by atoms with Crippen LogP contribution in [0.1, 0.15) is 35.7 Å². The minimum Gasteiger partial charge on any atom is -0.390 e. The number of imidazole rings is 1. The number of fused-ring (bicyclic) bond motifs is 1. The molecular formula is C12H14N2O. The minimum absolute atomic E-state index is 0.0138. The van der Waals surface area contributed by atoms with Crippen LogP contribution >= 0.6 is 0 Å². The lowest BCUT2D eigenvalue weighted by Crippen LogP contribution is -1.95. The van der Waals surface area contributed by atoms with Crippen LogP contribution in [0.15, 0.2) is 18.3 Å². The van der Waals surface area contributed by atoms with Crippen LogP contribution in [0.4, 0.5) is 0 Å². The summed E-state index contributed by atoms with van der Waals surface area (Å²) in [6, 6.07) is 4.22. The van der Waals surface area contributed by atoms with Gasteiger partial charge in [-0.25, -0.2) is 4.98 Å². The first-order valence-electron chi connectivity index (χ1n) is 5.38. The van der Waals surface area contributed by atoms with Gasteiger partial charge in [-0.15, -0.1) is 0 Å². The van der Waals surface area contributed by atoms with E-state index in [1.165, 1.54) is 24.1 Å². The maximum Gasteiger partial charge on any atom is 0.137 e. The molecule has 3 nitrogen and oxygen atoms in total. The number of nitrogens with zero attached hydrogens (tertiary/aromatic N) is 2. The van der Waals surface area contributed by atoms with Crippen molar-refractivity contribution in [1.29, 1.82) is 0 Å². The molecule has 3 rings (SSSR count). The van der Waals surface area contributed by atoms with E-state index in [0.29, 0.717) is 0 Å². The molecule has 3 heteroatoms. The van der Waals surface area contributed by atoms with Gasteiger partial charge in [0.15, 0.2) is 0 Å². The highest BCUT2D eigenvalue weighted by Crippen LogP contribution is 2.41. The number of hydrogen-bond donors (Lipinski definition) is 1. The van der Waals surface area contributed by atoms with E-state index < -0.39 is 0 Å². The zero-order chi connectivity index (χ0) is 10.4. The van der Waals surface area contributed by atoms with Crippen molar-refractivity contribution in [1.82, 2.24) is 9.38 Å². The smallest absolute Gasteiger partial charge is 0.137 e. The lowest BCUT2D eigenvalue weighted by molar-refractivity contribution is 0.277. The Kier molecular flexibility index (Phi) is 1.83. The van der Waals surface area contributed by atoms with E-state index in [-0.39, 0.29) is 6.61 Å².